The zero-order valence-electron chi connectivity index (χ0n) is 20.4. The Morgan fingerprint density at radius 1 is 1.23 bits per heavy atom. The summed E-state index contributed by atoms with van der Waals surface area (Å²) in [5, 5.41) is 12.9. The summed E-state index contributed by atoms with van der Waals surface area (Å²) in [7, 11) is -4.21. The van der Waals surface area contributed by atoms with E-state index in [1.807, 2.05) is 0 Å². The zero-order chi connectivity index (χ0) is 28.8. The van der Waals surface area contributed by atoms with E-state index in [1.54, 1.807) is 0 Å². The van der Waals surface area contributed by atoms with Crippen LogP contribution in [0.3, 0.4) is 0 Å². The Morgan fingerprint density at radius 2 is 1.95 bits per heavy atom. The van der Waals surface area contributed by atoms with Crippen LogP contribution in [-0.2, 0) is 16.2 Å². The molecular weight excluding hydrogens is 561 g/mol. The summed E-state index contributed by atoms with van der Waals surface area (Å²) in [5.41, 5.74) is -3.58. The highest BCUT2D eigenvalue weighted by atomic mass is 32.2. The van der Waals surface area contributed by atoms with E-state index in [0.29, 0.717) is 6.20 Å². The second kappa shape index (κ2) is 10.4. The minimum absolute atomic E-state index is 0.136. The lowest BCUT2D eigenvalue weighted by atomic mass is 9.81. The van der Waals surface area contributed by atoms with Crippen LogP contribution in [0.15, 0.2) is 35.4 Å². The molecule has 2 N–H and O–H groups in total. The maximum absolute atomic E-state index is 15.0. The van der Waals surface area contributed by atoms with Crippen molar-refractivity contribution in [2.24, 2.45) is 0 Å². The van der Waals surface area contributed by atoms with Crippen LogP contribution in [0.1, 0.15) is 38.2 Å². The van der Waals surface area contributed by atoms with Crippen molar-refractivity contribution in [3.8, 4) is 5.88 Å². The maximum atomic E-state index is 15.0. The van der Waals surface area contributed by atoms with E-state index < -0.39 is 95.1 Å². The highest BCUT2D eigenvalue weighted by Gasteiger charge is 2.50. The van der Waals surface area contributed by atoms with Crippen LogP contribution in [0, 0.1) is 5.82 Å². The number of sulfonamides is 1. The van der Waals surface area contributed by atoms with Crippen LogP contribution < -0.4 is 10.1 Å². The third-order valence-corrected chi connectivity index (χ3v) is 8.51. The van der Waals surface area contributed by atoms with Crippen molar-refractivity contribution in [3.63, 3.8) is 0 Å². The average molecular weight is 587 g/mol. The van der Waals surface area contributed by atoms with Gasteiger partial charge in [-0.15, -0.1) is 0 Å². The quantitative estimate of drug-likeness (QED) is 0.490. The molecule has 1 saturated carbocycles. The van der Waals surface area contributed by atoms with Gasteiger partial charge < -0.3 is 15.2 Å². The number of piperidine rings is 1. The van der Waals surface area contributed by atoms with Gasteiger partial charge in [0.05, 0.1) is 10.9 Å². The van der Waals surface area contributed by atoms with Crippen molar-refractivity contribution in [1.82, 2.24) is 14.3 Å². The monoisotopic (exact) mass is 586 g/mol. The van der Waals surface area contributed by atoms with Crippen LogP contribution in [0.25, 0.3) is 0 Å². The van der Waals surface area contributed by atoms with E-state index in [4.69, 9.17) is 4.74 Å². The fourth-order valence-corrected chi connectivity index (χ4v) is 6.11. The van der Waals surface area contributed by atoms with Crippen LogP contribution in [0.2, 0.25) is 0 Å². The van der Waals surface area contributed by atoms with Gasteiger partial charge in [0, 0.05) is 32.1 Å². The fraction of sp³-hybridized carbons (Fsp3) is 0.565. The van der Waals surface area contributed by atoms with Crippen molar-refractivity contribution in [2.45, 2.75) is 73.5 Å². The first-order chi connectivity index (χ1) is 18.0. The highest BCUT2D eigenvalue weighted by molar-refractivity contribution is 7.89. The van der Waals surface area contributed by atoms with Crippen molar-refractivity contribution in [1.29, 1.82) is 0 Å². The summed E-state index contributed by atoms with van der Waals surface area (Å²) >= 11 is 0. The molecule has 1 aliphatic carbocycles. The molecule has 16 heteroatoms. The van der Waals surface area contributed by atoms with Gasteiger partial charge in [0.25, 0.3) is 5.92 Å². The third kappa shape index (κ3) is 6.54. The summed E-state index contributed by atoms with van der Waals surface area (Å²) < 4.78 is 128. The predicted molar refractivity (Wildman–Crippen MR) is 123 cm³/mol. The number of hydrogen-bond acceptors (Lipinski definition) is 7. The molecule has 2 heterocycles. The van der Waals surface area contributed by atoms with Crippen molar-refractivity contribution in [3.05, 3.63) is 41.8 Å². The molecule has 1 aromatic carbocycles. The van der Waals surface area contributed by atoms with Crippen LogP contribution in [0.5, 0.6) is 5.88 Å². The van der Waals surface area contributed by atoms with Gasteiger partial charge in [-0.25, -0.2) is 31.0 Å². The molecule has 0 radical (unpaired) electrons. The summed E-state index contributed by atoms with van der Waals surface area (Å²) in [6, 6.07) is 3.11. The topological polar surface area (TPSA) is 105 Å². The molecule has 2 fully saturated rings. The van der Waals surface area contributed by atoms with E-state index in [0.717, 1.165) is 23.4 Å². The Balaban J connectivity index is 1.50. The molecule has 4 atom stereocenters. The maximum Gasteiger partial charge on any atom is 0.423 e. The smallest absolute Gasteiger partial charge is 0.423 e. The Morgan fingerprint density at radius 3 is 2.56 bits per heavy atom. The summed E-state index contributed by atoms with van der Waals surface area (Å²) in [6.45, 7) is 0.206. The van der Waals surface area contributed by atoms with Crippen molar-refractivity contribution >= 4 is 16.0 Å². The van der Waals surface area contributed by atoms with E-state index in [9.17, 15) is 39.9 Å². The first kappa shape index (κ1) is 29.3. The lowest BCUT2D eigenvalue weighted by molar-refractivity contribution is -0.167. The molecule has 0 spiro atoms. The number of aromatic nitrogens is 2. The summed E-state index contributed by atoms with van der Waals surface area (Å²) in [5.74, 6) is -5.52. The number of rotatable bonds is 6. The molecule has 0 bridgehead atoms. The number of anilines is 1. The number of benzene rings is 1. The van der Waals surface area contributed by atoms with Gasteiger partial charge >= 0.3 is 6.18 Å². The third-order valence-electron chi connectivity index (χ3n) is 6.65. The number of alkyl halides is 6. The number of aliphatic hydroxyl groups is 1. The highest BCUT2D eigenvalue weighted by Crippen LogP contribution is 2.42. The summed E-state index contributed by atoms with van der Waals surface area (Å²) in [4.78, 5) is 6.90. The van der Waals surface area contributed by atoms with Gasteiger partial charge in [-0.3, -0.25) is 0 Å². The number of nitrogens with zero attached hydrogens (tertiary/aromatic N) is 3. The van der Waals surface area contributed by atoms with Gasteiger partial charge in [-0.1, -0.05) is 6.07 Å². The standard InChI is InChI=1S/C23H25F7N4O4S/c1-21(35)12-22(26,27)7-5-18(21)38-19-15(23(28,29)30)10-31-20(33-19)32-17-6-8-34(11-16(17)25)39(36,37)14-4-2-3-13(24)9-14/h2-4,9-10,16-18,35H,5-8,11-12H2,1H3,(H,31,32,33)/t16-,17+,18-,21+/m1/s1. The average Bonchev–Trinajstić information content (AvgIpc) is 2.81. The van der Waals surface area contributed by atoms with Crippen LogP contribution >= 0.6 is 0 Å². The van der Waals surface area contributed by atoms with Gasteiger partial charge in [0.1, 0.15) is 29.3 Å². The van der Waals surface area contributed by atoms with Gasteiger partial charge in [0.15, 0.2) is 0 Å². The lowest BCUT2D eigenvalue weighted by Crippen LogP contribution is -2.52. The molecule has 39 heavy (non-hydrogen) atoms. The van der Waals surface area contributed by atoms with E-state index in [1.165, 1.54) is 12.1 Å². The second-order valence-corrected chi connectivity index (χ2v) is 11.8. The molecule has 1 aromatic heterocycles. The van der Waals surface area contributed by atoms with E-state index >= 15 is 4.39 Å². The van der Waals surface area contributed by atoms with E-state index in [-0.39, 0.29) is 17.9 Å². The zero-order valence-corrected chi connectivity index (χ0v) is 21.2. The van der Waals surface area contributed by atoms with Crippen LogP contribution in [-0.4, -0.2) is 70.7 Å². The first-order valence-electron chi connectivity index (χ1n) is 11.9. The normalized spacial score (nSPS) is 28.2. The molecule has 8 nitrogen and oxygen atoms in total. The fourth-order valence-electron chi connectivity index (χ4n) is 4.62. The van der Waals surface area contributed by atoms with Crippen molar-refractivity contribution < 1.29 is 49.0 Å². The Kier molecular flexibility index (Phi) is 7.77. The van der Waals surface area contributed by atoms with Crippen LogP contribution in [0.4, 0.5) is 36.7 Å². The Hall–Kier alpha value is -2.72. The summed E-state index contributed by atoms with van der Waals surface area (Å²) in [6.07, 6.45) is -10.2. The molecule has 0 unspecified atom stereocenters. The minimum Gasteiger partial charge on any atom is -0.471 e. The molecule has 1 aliphatic heterocycles. The Labute approximate surface area is 219 Å². The minimum atomic E-state index is -4.99. The predicted octanol–water partition coefficient (Wildman–Crippen LogP) is 4.17. The molecule has 1 saturated heterocycles. The van der Waals surface area contributed by atoms with Crippen molar-refractivity contribution in [2.75, 3.05) is 18.4 Å². The second-order valence-electron chi connectivity index (χ2n) is 9.82. The molecule has 0 amide bonds. The molecule has 2 aliphatic rings. The largest absolute Gasteiger partial charge is 0.471 e. The Bertz CT molecular complexity index is 1310. The number of hydrogen-bond donors (Lipinski definition) is 2. The lowest BCUT2D eigenvalue weighted by Gasteiger charge is -2.40. The van der Waals surface area contributed by atoms with Gasteiger partial charge in [0.2, 0.25) is 21.9 Å². The SMILES string of the molecule is C[C@]1(O)CC(F)(F)CC[C@H]1Oc1nc(N[C@H]2CCN(S(=O)(=O)c3cccc(F)c3)C[C@H]2F)ncc1C(F)(F)F. The number of nitrogens with one attached hydrogen (secondary N) is 1. The van der Waals surface area contributed by atoms with Gasteiger partial charge in [-0.2, -0.15) is 22.5 Å². The van der Waals surface area contributed by atoms with E-state index in [2.05, 4.69) is 15.3 Å². The molecule has 4 rings (SSSR count). The van der Waals surface area contributed by atoms with Gasteiger partial charge in [-0.05, 0) is 38.0 Å². The molecule has 216 valence electrons. The first-order valence-corrected chi connectivity index (χ1v) is 13.3. The number of ether oxygens (including phenoxy) is 1. The number of halogens is 7. The molecular formula is C23H25F7N4O4S. The molecule has 2 aromatic rings.